The number of hydrogen-bond acceptors (Lipinski definition) is 4. The van der Waals surface area contributed by atoms with Gasteiger partial charge in [-0.25, -0.2) is 0 Å². The average molecular weight is 375 g/mol. The lowest BCUT2D eigenvalue weighted by atomic mass is 10.0. The van der Waals surface area contributed by atoms with Crippen molar-refractivity contribution < 1.29 is 14.3 Å². The van der Waals surface area contributed by atoms with Gasteiger partial charge in [-0.3, -0.25) is 9.59 Å². The van der Waals surface area contributed by atoms with Crippen LogP contribution >= 0.6 is 11.3 Å². The Hall–Kier alpha value is -2.34. The van der Waals surface area contributed by atoms with Crippen LogP contribution in [0, 0.1) is 5.92 Å². The first-order valence-corrected chi connectivity index (χ1v) is 9.67. The van der Waals surface area contributed by atoms with Crippen molar-refractivity contribution in [3.05, 3.63) is 52.2 Å². The topological polar surface area (TPSA) is 67.4 Å². The first-order valence-electron chi connectivity index (χ1n) is 8.79. The number of rotatable bonds is 8. The van der Waals surface area contributed by atoms with Gasteiger partial charge in [0.15, 0.2) is 0 Å². The fraction of sp³-hybridized carbons (Fsp3) is 0.400. The van der Waals surface area contributed by atoms with Crippen LogP contribution in [0.1, 0.15) is 49.0 Å². The fourth-order valence-corrected chi connectivity index (χ4v) is 3.28. The molecule has 2 aromatic rings. The predicted octanol–water partition coefficient (Wildman–Crippen LogP) is 3.78. The Morgan fingerprint density at radius 3 is 2.31 bits per heavy atom. The Morgan fingerprint density at radius 1 is 1.08 bits per heavy atom. The number of nitrogens with one attached hydrogen (secondary N) is 2. The second-order valence-corrected chi connectivity index (χ2v) is 7.38. The lowest BCUT2D eigenvalue weighted by molar-refractivity contribution is -0.124. The number of carbonyl (C=O) groups is 2. The van der Waals surface area contributed by atoms with Crippen molar-refractivity contribution in [2.24, 2.45) is 5.92 Å². The van der Waals surface area contributed by atoms with Crippen LogP contribution in [-0.4, -0.2) is 24.5 Å². The van der Waals surface area contributed by atoms with Gasteiger partial charge >= 0.3 is 0 Å². The van der Waals surface area contributed by atoms with Crippen molar-refractivity contribution in [1.82, 2.24) is 10.6 Å². The minimum atomic E-state index is -0.600. The minimum absolute atomic E-state index is 0.0304. The molecule has 2 atom stereocenters. The molecule has 1 heterocycles. The van der Waals surface area contributed by atoms with Crippen LogP contribution < -0.4 is 15.4 Å². The van der Waals surface area contributed by atoms with Crippen LogP contribution in [0.2, 0.25) is 0 Å². The Morgan fingerprint density at radius 2 is 1.77 bits per heavy atom. The van der Waals surface area contributed by atoms with Crippen molar-refractivity contribution in [3.63, 3.8) is 0 Å². The molecule has 0 aliphatic carbocycles. The molecule has 6 heteroatoms. The van der Waals surface area contributed by atoms with Gasteiger partial charge in [0, 0.05) is 10.4 Å². The van der Waals surface area contributed by atoms with Gasteiger partial charge in [-0.05, 0) is 55.5 Å². The van der Waals surface area contributed by atoms with E-state index in [1.54, 1.807) is 35.6 Å². The molecule has 1 aromatic heterocycles. The van der Waals surface area contributed by atoms with E-state index in [1.165, 1.54) is 0 Å². The maximum Gasteiger partial charge on any atom is 0.251 e. The van der Waals surface area contributed by atoms with E-state index in [-0.39, 0.29) is 23.8 Å². The number of carbonyl (C=O) groups excluding carboxylic acids is 2. The molecule has 0 aliphatic rings. The van der Waals surface area contributed by atoms with E-state index < -0.39 is 6.04 Å². The molecular weight excluding hydrogens is 348 g/mol. The van der Waals surface area contributed by atoms with Crippen LogP contribution in [-0.2, 0) is 4.79 Å². The number of ether oxygens (including phenoxy) is 1. The zero-order valence-electron chi connectivity index (χ0n) is 15.6. The SMILES string of the molecule is CCOc1ccc(C(=O)NC(C(=O)NC(C)c2cccs2)C(C)C)cc1. The average Bonchev–Trinajstić information content (AvgIpc) is 3.14. The predicted molar refractivity (Wildman–Crippen MR) is 105 cm³/mol. The molecular formula is C20H26N2O3S. The lowest BCUT2D eigenvalue weighted by Crippen LogP contribution is -2.50. The van der Waals surface area contributed by atoms with Crippen molar-refractivity contribution in [1.29, 1.82) is 0 Å². The molecule has 140 valence electrons. The molecule has 2 rings (SSSR count). The Balaban J connectivity index is 2.02. The highest BCUT2D eigenvalue weighted by Gasteiger charge is 2.26. The first kappa shape index (κ1) is 20.0. The molecule has 26 heavy (non-hydrogen) atoms. The van der Waals surface area contributed by atoms with Crippen LogP contribution in [0.15, 0.2) is 41.8 Å². The van der Waals surface area contributed by atoms with Gasteiger partial charge in [0.1, 0.15) is 11.8 Å². The van der Waals surface area contributed by atoms with Gasteiger partial charge in [-0.15, -0.1) is 11.3 Å². The standard InChI is InChI=1S/C20H26N2O3S/c1-5-25-16-10-8-15(9-11-16)19(23)22-18(13(2)3)20(24)21-14(4)17-7-6-12-26-17/h6-14,18H,5H2,1-4H3,(H,21,24)(H,22,23). The van der Waals surface area contributed by atoms with E-state index in [0.717, 1.165) is 4.88 Å². The number of thiophene rings is 1. The smallest absolute Gasteiger partial charge is 0.251 e. The van der Waals surface area contributed by atoms with Crippen molar-refractivity contribution in [2.75, 3.05) is 6.61 Å². The van der Waals surface area contributed by atoms with E-state index in [2.05, 4.69) is 10.6 Å². The van der Waals surface area contributed by atoms with Crippen LogP contribution in [0.3, 0.4) is 0 Å². The zero-order valence-corrected chi connectivity index (χ0v) is 16.4. The summed E-state index contributed by atoms with van der Waals surface area (Å²) in [5.41, 5.74) is 0.498. The van der Waals surface area contributed by atoms with Crippen LogP contribution in [0.25, 0.3) is 0 Å². The Labute approximate surface area is 158 Å². The lowest BCUT2D eigenvalue weighted by Gasteiger charge is -2.24. The quantitative estimate of drug-likeness (QED) is 0.739. The van der Waals surface area contributed by atoms with Gasteiger partial charge in [-0.2, -0.15) is 0 Å². The summed E-state index contributed by atoms with van der Waals surface area (Å²) in [5, 5.41) is 7.81. The Kier molecular flexibility index (Phi) is 7.21. The maximum atomic E-state index is 12.7. The Bertz CT molecular complexity index is 711. The fourth-order valence-electron chi connectivity index (χ4n) is 2.54. The third-order valence-corrected chi connectivity index (χ3v) is 5.05. The minimum Gasteiger partial charge on any atom is -0.494 e. The molecule has 0 saturated carbocycles. The molecule has 1 aromatic carbocycles. The number of hydrogen-bond donors (Lipinski definition) is 2. The second kappa shape index (κ2) is 9.38. The molecule has 0 spiro atoms. The normalized spacial score (nSPS) is 13.1. The van der Waals surface area contributed by atoms with Gasteiger partial charge in [0.25, 0.3) is 5.91 Å². The van der Waals surface area contributed by atoms with Gasteiger partial charge in [-0.1, -0.05) is 19.9 Å². The third-order valence-electron chi connectivity index (χ3n) is 3.99. The van der Waals surface area contributed by atoms with Crippen molar-refractivity contribution >= 4 is 23.2 Å². The summed E-state index contributed by atoms with van der Waals surface area (Å²) in [5.74, 6) is 0.232. The van der Waals surface area contributed by atoms with Gasteiger partial charge in [0.2, 0.25) is 5.91 Å². The summed E-state index contributed by atoms with van der Waals surface area (Å²) in [6, 6.07) is 10.1. The van der Waals surface area contributed by atoms with E-state index >= 15 is 0 Å². The highest BCUT2D eigenvalue weighted by Crippen LogP contribution is 2.19. The number of amides is 2. The van der Waals surface area contributed by atoms with Crippen LogP contribution in [0.5, 0.6) is 5.75 Å². The molecule has 0 radical (unpaired) electrons. The molecule has 2 unspecified atom stereocenters. The molecule has 2 amide bonds. The van der Waals surface area contributed by atoms with Crippen molar-refractivity contribution in [3.8, 4) is 5.75 Å². The van der Waals surface area contributed by atoms with Gasteiger partial charge < -0.3 is 15.4 Å². The van der Waals surface area contributed by atoms with Crippen LogP contribution in [0.4, 0.5) is 0 Å². The summed E-state index contributed by atoms with van der Waals surface area (Å²) in [6.45, 7) is 8.25. The van der Waals surface area contributed by atoms with Crippen molar-refractivity contribution in [2.45, 2.75) is 39.8 Å². The van der Waals surface area contributed by atoms with E-state index in [1.807, 2.05) is 45.2 Å². The van der Waals surface area contributed by atoms with E-state index in [9.17, 15) is 9.59 Å². The monoisotopic (exact) mass is 374 g/mol. The maximum absolute atomic E-state index is 12.7. The number of benzene rings is 1. The third kappa shape index (κ3) is 5.33. The summed E-state index contributed by atoms with van der Waals surface area (Å²) in [7, 11) is 0. The molecule has 0 saturated heterocycles. The summed E-state index contributed by atoms with van der Waals surface area (Å²) >= 11 is 1.60. The molecule has 5 nitrogen and oxygen atoms in total. The molecule has 0 bridgehead atoms. The summed E-state index contributed by atoms with van der Waals surface area (Å²) in [4.78, 5) is 26.3. The largest absolute Gasteiger partial charge is 0.494 e. The summed E-state index contributed by atoms with van der Waals surface area (Å²) < 4.78 is 5.38. The molecule has 2 N–H and O–H groups in total. The highest BCUT2D eigenvalue weighted by atomic mass is 32.1. The molecule has 0 aliphatic heterocycles. The molecule has 0 fully saturated rings. The van der Waals surface area contributed by atoms with Gasteiger partial charge in [0.05, 0.1) is 12.6 Å². The zero-order chi connectivity index (χ0) is 19.1. The van der Waals surface area contributed by atoms with E-state index in [4.69, 9.17) is 4.74 Å². The first-order chi connectivity index (χ1) is 12.4. The highest BCUT2D eigenvalue weighted by molar-refractivity contribution is 7.10. The van der Waals surface area contributed by atoms with E-state index in [0.29, 0.717) is 17.9 Å². The second-order valence-electron chi connectivity index (χ2n) is 6.40. The summed E-state index contributed by atoms with van der Waals surface area (Å²) in [6.07, 6.45) is 0.